The molecule has 1 heterocycles. The van der Waals surface area contributed by atoms with E-state index in [1.54, 1.807) is 14.2 Å². The lowest BCUT2D eigenvalue weighted by molar-refractivity contribution is 0.0330. The number of hydrogen-bond acceptors (Lipinski definition) is 5. The third-order valence-corrected chi connectivity index (χ3v) is 4.55. The van der Waals surface area contributed by atoms with Crippen molar-refractivity contribution in [2.24, 2.45) is 5.92 Å². The summed E-state index contributed by atoms with van der Waals surface area (Å²) >= 11 is 0. The molecule has 0 aromatic heterocycles. The van der Waals surface area contributed by atoms with E-state index in [1.807, 2.05) is 32.0 Å². The van der Waals surface area contributed by atoms with Gasteiger partial charge in [-0.1, -0.05) is 19.9 Å². The molecule has 1 aromatic rings. The Morgan fingerprint density at radius 2 is 2.00 bits per heavy atom. The zero-order valence-electron chi connectivity index (χ0n) is 15.3. The van der Waals surface area contributed by atoms with Crippen LogP contribution in [0, 0.1) is 5.92 Å². The number of hydrogen-bond donors (Lipinski definition) is 1. The molecule has 0 unspecified atom stereocenters. The van der Waals surface area contributed by atoms with Crippen LogP contribution in [0.4, 0.5) is 0 Å². The Bertz CT molecular complexity index is 496. The van der Waals surface area contributed by atoms with Crippen molar-refractivity contribution in [3.05, 3.63) is 23.8 Å². The Kier molecular flexibility index (Phi) is 7.34. The fourth-order valence-corrected chi connectivity index (χ4v) is 2.99. The van der Waals surface area contributed by atoms with Gasteiger partial charge in [-0.15, -0.1) is 0 Å². The third-order valence-electron chi connectivity index (χ3n) is 4.55. The summed E-state index contributed by atoms with van der Waals surface area (Å²) in [5.74, 6) is 1.70. The number of nitrogens with zero attached hydrogens (tertiary/aromatic N) is 1. The molecule has 0 radical (unpaired) electrons. The van der Waals surface area contributed by atoms with Gasteiger partial charge in [-0.25, -0.2) is 0 Å². The number of rotatable bonds is 9. The molecule has 5 heteroatoms. The second-order valence-electron chi connectivity index (χ2n) is 6.83. The van der Waals surface area contributed by atoms with E-state index in [0.717, 1.165) is 49.6 Å². The maximum Gasteiger partial charge on any atom is 0.161 e. The Balaban J connectivity index is 2.07. The van der Waals surface area contributed by atoms with Gasteiger partial charge < -0.3 is 19.3 Å². The summed E-state index contributed by atoms with van der Waals surface area (Å²) in [7, 11) is 3.29. The zero-order valence-corrected chi connectivity index (χ0v) is 15.3. The van der Waals surface area contributed by atoms with Crippen LogP contribution >= 0.6 is 0 Å². The number of ether oxygens (including phenoxy) is 3. The predicted octanol–water partition coefficient (Wildman–Crippen LogP) is 2.70. The van der Waals surface area contributed by atoms with Crippen molar-refractivity contribution in [1.29, 1.82) is 0 Å². The largest absolute Gasteiger partial charge is 0.493 e. The summed E-state index contributed by atoms with van der Waals surface area (Å²) < 4.78 is 16.5. The van der Waals surface area contributed by atoms with Gasteiger partial charge in [-0.05, 0) is 36.5 Å². The van der Waals surface area contributed by atoms with Crippen LogP contribution < -0.4 is 9.47 Å². The van der Waals surface area contributed by atoms with E-state index in [2.05, 4.69) is 4.90 Å². The maximum absolute atomic E-state index is 10.3. The fourth-order valence-electron chi connectivity index (χ4n) is 2.99. The van der Waals surface area contributed by atoms with Crippen molar-refractivity contribution in [1.82, 2.24) is 4.90 Å². The van der Waals surface area contributed by atoms with Crippen molar-refractivity contribution in [2.45, 2.75) is 45.4 Å². The van der Waals surface area contributed by atoms with Crippen LogP contribution in [0.1, 0.15) is 32.3 Å². The molecule has 0 aliphatic carbocycles. The lowest BCUT2D eigenvalue weighted by atomic mass is 10.1. The van der Waals surface area contributed by atoms with Crippen LogP contribution in [0.15, 0.2) is 18.2 Å². The highest BCUT2D eigenvalue weighted by Crippen LogP contribution is 2.28. The van der Waals surface area contributed by atoms with Crippen LogP contribution in [0.3, 0.4) is 0 Å². The molecule has 2 rings (SSSR count). The molecular formula is C19H31NO4. The molecule has 1 aromatic carbocycles. The lowest BCUT2D eigenvalue weighted by Gasteiger charge is -2.29. The molecule has 1 fully saturated rings. The van der Waals surface area contributed by atoms with E-state index in [-0.39, 0.29) is 18.1 Å². The van der Waals surface area contributed by atoms with Crippen molar-refractivity contribution >= 4 is 0 Å². The van der Waals surface area contributed by atoms with E-state index < -0.39 is 0 Å². The molecule has 0 spiro atoms. The minimum atomic E-state index is -0.341. The topological polar surface area (TPSA) is 51.2 Å². The van der Waals surface area contributed by atoms with Crippen LogP contribution in [0.5, 0.6) is 11.5 Å². The van der Waals surface area contributed by atoms with Gasteiger partial charge in [0, 0.05) is 26.2 Å². The first-order chi connectivity index (χ1) is 11.5. The number of benzene rings is 1. The predicted molar refractivity (Wildman–Crippen MR) is 94.6 cm³/mol. The van der Waals surface area contributed by atoms with Crippen LogP contribution in [-0.2, 0) is 11.3 Å². The highest BCUT2D eigenvalue weighted by atomic mass is 16.5. The standard InChI is InChI=1S/C19H31NO4/c1-14(2)17(21)13-20(12-16-6-5-9-24-16)11-15-7-8-18(22-3)19(10-15)23-4/h7-8,10,14,16-17,21H,5-6,9,11-13H2,1-4H3/t16-,17+/m1/s1. The molecule has 1 N–H and O–H groups in total. The highest BCUT2D eigenvalue weighted by molar-refractivity contribution is 5.42. The van der Waals surface area contributed by atoms with Crippen LogP contribution in [0.25, 0.3) is 0 Å². The molecule has 0 bridgehead atoms. The van der Waals surface area contributed by atoms with Crippen molar-refractivity contribution in [2.75, 3.05) is 33.9 Å². The Hall–Kier alpha value is -1.30. The minimum absolute atomic E-state index is 0.238. The van der Waals surface area contributed by atoms with E-state index in [1.165, 1.54) is 0 Å². The Morgan fingerprint density at radius 3 is 2.58 bits per heavy atom. The molecule has 1 saturated heterocycles. The van der Waals surface area contributed by atoms with Gasteiger partial charge in [0.15, 0.2) is 11.5 Å². The van der Waals surface area contributed by atoms with Gasteiger partial charge in [0.05, 0.1) is 26.4 Å². The summed E-state index contributed by atoms with van der Waals surface area (Å²) in [5.41, 5.74) is 1.14. The fraction of sp³-hybridized carbons (Fsp3) is 0.684. The molecule has 136 valence electrons. The average Bonchev–Trinajstić information content (AvgIpc) is 3.07. The first-order valence-electron chi connectivity index (χ1n) is 8.76. The summed E-state index contributed by atoms with van der Waals surface area (Å²) in [4.78, 5) is 2.28. The normalized spacial score (nSPS) is 19.0. The summed E-state index contributed by atoms with van der Waals surface area (Å²) in [5, 5.41) is 10.3. The van der Waals surface area contributed by atoms with Crippen LogP contribution in [-0.4, -0.2) is 56.1 Å². The van der Waals surface area contributed by atoms with Crippen LogP contribution in [0.2, 0.25) is 0 Å². The molecule has 2 atom stereocenters. The molecule has 1 aliphatic rings. The maximum atomic E-state index is 10.3. The van der Waals surface area contributed by atoms with Gasteiger partial charge in [-0.2, -0.15) is 0 Å². The Labute approximate surface area is 145 Å². The first-order valence-corrected chi connectivity index (χ1v) is 8.76. The van der Waals surface area contributed by atoms with Gasteiger partial charge in [0.1, 0.15) is 0 Å². The second-order valence-corrected chi connectivity index (χ2v) is 6.83. The molecule has 24 heavy (non-hydrogen) atoms. The zero-order chi connectivity index (χ0) is 17.5. The van der Waals surface area contributed by atoms with Gasteiger partial charge >= 0.3 is 0 Å². The number of methoxy groups -OCH3 is 2. The summed E-state index contributed by atoms with van der Waals surface area (Å²) in [6, 6.07) is 5.98. The summed E-state index contributed by atoms with van der Waals surface area (Å²) in [6.07, 6.45) is 2.15. The van der Waals surface area contributed by atoms with E-state index in [4.69, 9.17) is 14.2 Å². The van der Waals surface area contributed by atoms with Crippen molar-refractivity contribution in [3.63, 3.8) is 0 Å². The second kappa shape index (κ2) is 9.25. The molecule has 1 aliphatic heterocycles. The molecular weight excluding hydrogens is 306 g/mol. The monoisotopic (exact) mass is 337 g/mol. The van der Waals surface area contributed by atoms with E-state index >= 15 is 0 Å². The molecule has 5 nitrogen and oxygen atoms in total. The van der Waals surface area contributed by atoms with Crippen molar-refractivity contribution in [3.8, 4) is 11.5 Å². The first kappa shape index (κ1) is 19.0. The summed E-state index contributed by atoms with van der Waals surface area (Å²) in [6.45, 7) is 7.19. The molecule has 0 saturated carbocycles. The number of aliphatic hydroxyl groups excluding tert-OH is 1. The smallest absolute Gasteiger partial charge is 0.161 e. The van der Waals surface area contributed by atoms with Crippen molar-refractivity contribution < 1.29 is 19.3 Å². The van der Waals surface area contributed by atoms with Gasteiger partial charge in [-0.3, -0.25) is 4.90 Å². The quantitative estimate of drug-likeness (QED) is 0.751. The SMILES string of the molecule is COc1ccc(CN(C[C@H]2CCCO2)C[C@H](O)C(C)C)cc1OC. The highest BCUT2D eigenvalue weighted by Gasteiger charge is 2.22. The molecule has 0 amide bonds. The average molecular weight is 337 g/mol. The van der Waals surface area contributed by atoms with E-state index in [0.29, 0.717) is 6.54 Å². The number of aliphatic hydroxyl groups is 1. The minimum Gasteiger partial charge on any atom is -0.493 e. The lowest BCUT2D eigenvalue weighted by Crippen LogP contribution is -2.39. The van der Waals surface area contributed by atoms with Gasteiger partial charge in [0.2, 0.25) is 0 Å². The van der Waals surface area contributed by atoms with E-state index in [9.17, 15) is 5.11 Å². The third kappa shape index (κ3) is 5.36. The van der Waals surface area contributed by atoms with Gasteiger partial charge in [0.25, 0.3) is 0 Å². The Morgan fingerprint density at radius 1 is 1.25 bits per heavy atom.